The fourth-order valence-corrected chi connectivity index (χ4v) is 0.333. The Hall–Kier alpha value is -1.03. The van der Waals surface area contributed by atoms with Crippen LogP contribution in [0.4, 0.5) is 4.39 Å². The molecule has 0 saturated carbocycles. The van der Waals surface area contributed by atoms with Crippen LogP contribution in [0, 0.1) is 0 Å². The molecule has 0 heterocycles. The number of halogens is 1. The minimum atomic E-state index is -0.359. The third-order valence-corrected chi connectivity index (χ3v) is 0.614. The third kappa shape index (κ3) is 0.902. The van der Waals surface area contributed by atoms with Gasteiger partial charge in [0.05, 0.1) is 0 Å². The van der Waals surface area contributed by atoms with Crippen molar-refractivity contribution in [2.24, 2.45) is 0 Å². The Bertz CT molecular complexity index is 186. The van der Waals surface area contributed by atoms with Gasteiger partial charge in [0.2, 0.25) is 0 Å². The van der Waals surface area contributed by atoms with Crippen LogP contribution in [0.15, 0.2) is 35.5 Å². The molecular weight excluding hydrogens is 91.1 g/mol. The maximum atomic E-state index is 11.8. The third-order valence-electron chi connectivity index (χ3n) is 0.614. The van der Waals surface area contributed by atoms with Crippen LogP contribution in [0.5, 0.6) is 0 Å². The van der Waals surface area contributed by atoms with Gasteiger partial charge in [-0.05, 0) is 17.9 Å². The minimum Gasteiger partial charge on any atom is -0.197 e. The van der Waals surface area contributed by atoms with Crippen molar-refractivity contribution >= 4 is 0 Å². The Morgan fingerprint density at radius 3 is 2.71 bits per heavy atom. The lowest BCUT2D eigenvalue weighted by atomic mass is 10.4. The van der Waals surface area contributed by atoms with Gasteiger partial charge < -0.3 is 0 Å². The predicted molar refractivity (Wildman–Crippen MR) is 25.4 cm³/mol. The van der Waals surface area contributed by atoms with E-state index in [0.29, 0.717) is 0 Å². The average Bonchev–Trinajstić information content (AvgIpc) is 1.69. The second-order valence-electron chi connectivity index (χ2n) is 1.14. The maximum Gasteiger partial charge on any atom is 0.173 e. The van der Waals surface area contributed by atoms with Gasteiger partial charge in [-0.1, -0.05) is 11.8 Å². The van der Waals surface area contributed by atoms with Crippen LogP contribution in [0.3, 0.4) is 0 Å². The summed E-state index contributed by atoms with van der Waals surface area (Å²) in [6, 6.07) is 0. The first kappa shape index (κ1) is 4.14. The Kier molecular flexibility index (Phi) is 0.953. The molecule has 1 aliphatic rings. The average molecular weight is 94.1 g/mol. The molecule has 0 N–H and O–H groups in total. The molecule has 34 valence electrons. The van der Waals surface area contributed by atoms with E-state index in [4.69, 9.17) is 0 Å². The highest BCUT2D eigenvalue weighted by atomic mass is 19.1. The molecule has 0 aromatic heterocycles. The van der Waals surface area contributed by atoms with Gasteiger partial charge in [-0.2, -0.15) is 4.39 Å². The van der Waals surface area contributed by atoms with Crippen LogP contribution in [0.1, 0.15) is 0 Å². The summed E-state index contributed by atoms with van der Waals surface area (Å²) in [7, 11) is 0. The van der Waals surface area contributed by atoms with Crippen LogP contribution in [0.2, 0.25) is 0 Å². The molecule has 0 amide bonds. The molecule has 0 bridgehead atoms. The molecule has 0 aliphatic heterocycles. The van der Waals surface area contributed by atoms with Crippen LogP contribution >= 0.6 is 0 Å². The van der Waals surface area contributed by atoms with E-state index in [1.54, 1.807) is 12.2 Å². The van der Waals surface area contributed by atoms with Crippen LogP contribution in [-0.2, 0) is 0 Å². The second kappa shape index (κ2) is 1.61. The van der Waals surface area contributed by atoms with Gasteiger partial charge in [-0.3, -0.25) is 0 Å². The van der Waals surface area contributed by atoms with Crippen molar-refractivity contribution in [3.05, 3.63) is 35.5 Å². The number of hydrogen-bond donors (Lipinski definition) is 0. The first-order valence-corrected chi connectivity index (χ1v) is 1.93. The molecule has 0 nitrogen and oxygen atoms in total. The van der Waals surface area contributed by atoms with Crippen molar-refractivity contribution in [1.29, 1.82) is 0 Å². The first-order chi connectivity index (χ1) is 3.39. The zero-order valence-electron chi connectivity index (χ0n) is 3.61. The van der Waals surface area contributed by atoms with Crippen molar-refractivity contribution in [2.75, 3.05) is 0 Å². The van der Waals surface area contributed by atoms with Gasteiger partial charge in [-0.25, -0.2) is 0 Å². The highest BCUT2D eigenvalue weighted by Gasteiger charge is 1.80. The summed E-state index contributed by atoms with van der Waals surface area (Å²) in [4.78, 5) is 0. The predicted octanol–water partition coefficient (Wildman–Crippen LogP) is 1.72. The quantitative estimate of drug-likeness (QED) is 0.401. The summed E-state index contributed by atoms with van der Waals surface area (Å²) in [6.45, 7) is 0. The van der Waals surface area contributed by atoms with Crippen LogP contribution in [-0.4, -0.2) is 0 Å². The molecular formula is C6H3F. The van der Waals surface area contributed by atoms with E-state index in [9.17, 15) is 4.39 Å². The standard InChI is InChI=1S/C6H3F/c7-6-4-2-1-3-5-6/h1-2,4H. The topological polar surface area (TPSA) is 0 Å². The smallest absolute Gasteiger partial charge is 0.173 e. The lowest BCUT2D eigenvalue weighted by molar-refractivity contribution is 0.669. The summed E-state index contributed by atoms with van der Waals surface area (Å²) in [5, 5.41) is 0. The monoisotopic (exact) mass is 94.0 g/mol. The Balaban J connectivity index is 3.14. The van der Waals surface area contributed by atoms with Gasteiger partial charge in [0.1, 0.15) is 0 Å². The van der Waals surface area contributed by atoms with Gasteiger partial charge in [0.15, 0.2) is 5.83 Å². The molecule has 1 aliphatic carbocycles. The molecule has 1 rings (SSSR count). The lowest BCUT2D eigenvalue weighted by Gasteiger charge is -1.76. The zero-order chi connectivity index (χ0) is 5.11. The number of hydrogen-bond acceptors (Lipinski definition) is 0. The summed E-state index contributed by atoms with van der Waals surface area (Å²) in [5.41, 5.74) is 4.70. The van der Waals surface area contributed by atoms with E-state index < -0.39 is 0 Å². The van der Waals surface area contributed by atoms with Gasteiger partial charge >= 0.3 is 0 Å². The van der Waals surface area contributed by atoms with Gasteiger partial charge in [0, 0.05) is 0 Å². The van der Waals surface area contributed by atoms with E-state index in [2.05, 4.69) is 11.5 Å². The van der Waals surface area contributed by atoms with E-state index in [1.807, 2.05) is 0 Å². The number of allylic oxidation sites excluding steroid dienone is 4. The Labute approximate surface area is 41.0 Å². The highest BCUT2D eigenvalue weighted by molar-refractivity contribution is 5.20. The summed E-state index contributed by atoms with van der Waals surface area (Å²) >= 11 is 0. The first-order valence-electron chi connectivity index (χ1n) is 1.93. The maximum absolute atomic E-state index is 11.8. The van der Waals surface area contributed by atoms with E-state index in [-0.39, 0.29) is 5.83 Å². The zero-order valence-corrected chi connectivity index (χ0v) is 3.61. The molecule has 0 radical (unpaired) electrons. The van der Waals surface area contributed by atoms with Crippen molar-refractivity contribution < 1.29 is 4.39 Å². The summed E-state index contributed by atoms with van der Waals surface area (Å²) < 4.78 is 11.8. The normalized spacial score (nSPS) is 14.7. The van der Waals surface area contributed by atoms with E-state index in [1.165, 1.54) is 6.08 Å². The largest absolute Gasteiger partial charge is 0.197 e. The minimum absolute atomic E-state index is 0.359. The fraction of sp³-hybridized carbons (Fsp3) is 0. The van der Waals surface area contributed by atoms with E-state index >= 15 is 0 Å². The summed E-state index contributed by atoms with van der Waals surface area (Å²) in [5.74, 6) is -0.359. The van der Waals surface area contributed by atoms with Gasteiger partial charge in [0.25, 0.3) is 0 Å². The molecule has 0 spiro atoms. The van der Waals surface area contributed by atoms with Crippen molar-refractivity contribution in [3.8, 4) is 0 Å². The van der Waals surface area contributed by atoms with Gasteiger partial charge in [-0.15, -0.1) is 0 Å². The SMILES string of the molecule is FC1=C=C=CC=C1. The Morgan fingerprint density at radius 1 is 1.57 bits per heavy atom. The van der Waals surface area contributed by atoms with Crippen molar-refractivity contribution in [3.63, 3.8) is 0 Å². The lowest BCUT2D eigenvalue weighted by Crippen LogP contribution is -1.60. The molecule has 0 aromatic rings. The second-order valence-corrected chi connectivity index (χ2v) is 1.14. The van der Waals surface area contributed by atoms with Crippen LogP contribution in [0.25, 0.3) is 0 Å². The molecule has 1 heteroatoms. The molecule has 0 atom stereocenters. The van der Waals surface area contributed by atoms with Crippen molar-refractivity contribution in [2.45, 2.75) is 0 Å². The molecule has 0 aromatic carbocycles. The van der Waals surface area contributed by atoms with Crippen molar-refractivity contribution in [1.82, 2.24) is 0 Å². The van der Waals surface area contributed by atoms with E-state index in [0.717, 1.165) is 0 Å². The van der Waals surface area contributed by atoms with Crippen LogP contribution < -0.4 is 0 Å². The Morgan fingerprint density at radius 2 is 2.43 bits per heavy atom. The molecule has 0 saturated heterocycles. The fourth-order valence-electron chi connectivity index (χ4n) is 0.333. The summed E-state index contributed by atoms with van der Waals surface area (Å²) in [6.07, 6.45) is 4.51. The molecule has 0 fully saturated rings. The molecule has 7 heavy (non-hydrogen) atoms. The molecule has 0 unspecified atom stereocenters. The highest BCUT2D eigenvalue weighted by Crippen LogP contribution is 1.97. The number of rotatable bonds is 0.